The Kier molecular flexibility index (Phi) is 58.8. The Hall–Kier alpha value is -1.14. The number of carbonyl (C=O) groups is 2. The zero-order chi connectivity index (χ0) is 45.0. The minimum atomic E-state index is -0.250. The highest BCUT2D eigenvalue weighted by Gasteiger charge is 2.11. The predicted octanol–water partition coefficient (Wildman–Crippen LogP) is 17.3. The SMILES string of the molecule is CCCCCC(CCCCC)CCOC=O.CCCCCCCCCC(CCCCCCCCCCC(CCCCC)CCCCC)OCCCCN(C)C(C)C.O=CO. The summed E-state index contributed by atoms with van der Waals surface area (Å²) in [5.41, 5.74) is 0. The van der Waals surface area contributed by atoms with E-state index in [1.165, 1.54) is 238 Å². The molecule has 0 amide bonds. The monoisotopic (exact) mass is 854 g/mol. The summed E-state index contributed by atoms with van der Waals surface area (Å²) in [6, 6.07) is 0.647. The fourth-order valence-electron chi connectivity index (χ4n) is 8.36. The maximum Gasteiger partial charge on any atom is 0.293 e. The van der Waals surface area contributed by atoms with Crippen LogP contribution in [0.25, 0.3) is 0 Å². The van der Waals surface area contributed by atoms with Crippen LogP contribution < -0.4 is 0 Å². The van der Waals surface area contributed by atoms with Crippen molar-refractivity contribution in [3.05, 3.63) is 0 Å². The van der Waals surface area contributed by atoms with Gasteiger partial charge in [-0.3, -0.25) is 9.59 Å². The molecule has 1 N–H and O–H groups in total. The average molecular weight is 854 g/mol. The van der Waals surface area contributed by atoms with Gasteiger partial charge in [0.15, 0.2) is 0 Å². The fourth-order valence-corrected chi connectivity index (χ4v) is 8.36. The first-order chi connectivity index (χ1) is 29.3. The van der Waals surface area contributed by atoms with Gasteiger partial charge in [-0.25, -0.2) is 0 Å². The summed E-state index contributed by atoms with van der Waals surface area (Å²) in [6.07, 6.45) is 51.5. The van der Waals surface area contributed by atoms with E-state index in [-0.39, 0.29) is 6.47 Å². The van der Waals surface area contributed by atoms with Crippen molar-refractivity contribution >= 4 is 12.9 Å². The van der Waals surface area contributed by atoms with Crippen LogP contribution in [-0.2, 0) is 19.1 Å². The van der Waals surface area contributed by atoms with Gasteiger partial charge >= 0.3 is 0 Å². The standard InChI is InChI=1S/C39H81NO.C14H28O2.CH2O2/c1-7-10-13-14-17-21-26-33-39(41-36-29-28-35-40(6)37(4)5)34-27-22-19-16-15-18-20-25-32-38(30-23-11-8-2)31-24-12-9-3;1-3-5-7-9-14(10-8-6-4-2)11-12-16-13-15;2-1-3/h37-39H,7-36H2,1-6H3;13-14H,3-12H2,1-2H3;1H,(H,2,3). The molecule has 0 aliphatic rings. The third kappa shape index (κ3) is 53.0. The van der Waals surface area contributed by atoms with Crippen molar-refractivity contribution < 1.29 is 24.2 Å². The van der Waals surface area contributed by atoms with Gasteiger partial charge < -0.3 is 19.5 Å². The molecule has 1 unspecified atom stereocenters. The molecule has 0 aromatic heterocycles. The quantitative estimate of drug-likeness (QED) is 0.0486. The third-order valence-electron chi connectivity index (χ3n) is 12.7. The molecule has 0 radical (unpaired) electrons. The molecule has 0 saturated carbocycles. The lowest BCUT2D eigenvalue weighted by molar-refractivity contribution is -0.129. The van der Waals surface area contributed by atoms with Crippen molar-refractivity contribution in [1.29, 1.82) is 0 Å². The first kappa shape index (κ1) is 63.2. The summed E-state index contributed by atoms with van der Waals surface area (Å²) in [6.45, 7) is 19.1. The third-order valence-corrected chi connectivity index (χ3v) is 12.7. The van der Waals surface area contributed by atoms with E-state index >= 15 is 0 Å². The van der Waals surface area contributed by atoms with Crippen molar-refractivity contribution in [2.24, 2.45) is 11.8 Å². The molecular formula is C54H111NO5. The Bertz CT molecular complexity index is 759. The molecule has 6 heteroatoms. The lowest BCUT2D eigenvalue weighted by atomic mass is 9.90. The van der Waals surface area contributed by atoms with Crippen LogP contribution in [0.4, 0.5) is 0 Å². The molecule has 0 spiro atoms. The number of hydrogen-bond donors (Lipinski definition) is 1. The van der Waals surface area contributed by atoms with Gasteiger partial charge in [0.2, 0.25) is 0 Å². The van der Waals surface area contributed by atoms with Crippen molar-refractivity contribution in [2.75, 3.05) is 26.8 Å². The molecule has 0 aromatic rings. The number of unbranched alkanes of at least 4 members (excludes halogenated alkanes) is 22. The van der Waals surface area contributed by atoms with Crippen LogP contribution in [0.3, 0.4) is 0 Å². The molecule has 0 bridgehead atoms. The van der Waals surface area contributed by atoms with Gasteiger partial charge in [0.05, 0.1) is 12.7 Å². The Labute approximate surface area is 377 Å². The topological polar surface area (TPSA) is 76.1 Å². The highest BCUT2D eigenvalue weighted by molar-refractivity contribution is 5.36. The van der Waals surface area contributed by atoms with Crippen molar-refractivity contribution in [3.63, 3.8) is 0 Å². The number of rotatable bonds is 46. The van der Waals surface area contributed by atoms with Crippen molar-refractivity contribution in [1.82, 2.24) is 4.90 Å². The Balaban J connectivity index is -0.00000141. The van der Waals surface area contributed by atoms with Crippen LogP contribution in [-0.4, -0.2) is 61.9 Å². The summed E-state index contributed by atoms with van der Waals surface area (Å²) < 4.78 is 11.3. The number of hydrogen-bond acceptors (Lipinski definition) is 5. The maximum atomic E-state index is 10.1. The molecule has 60 heavy (non-hydrogen) atoms. The van der Waals surface area contributed by atoms with E-state index in [1.54, 1.807) is 0 Å². The van der Waals surface area contributed by atoms with E-state index < -0.39 is 0 Å². The largest absolute Gasteiger partial charge is 0.483 e. The number of ether oxygens (including phenoxy) is 2. The predicted molar refractivity (Wildman–Crippen MR) is 264 cm³/mol. The molecule has 0 heterocycles. The zero-order valence-corrected chi connectivity index (χ0v) is 42.3. The summed E-state index contributed by atoms with van der Waals surface area (Å²) in [5, 5.41) is 6.89. The van der Waals surface area contributed by atoms with E-state index in [4.69, 9.17) is 19.4 Å². The van der Waals surface area contributed by atoms with Gasteiger partial charge in [-0.1, -0.05) is 240 Å². The van der Waals surface area contributed by atoms with Crippen LogP contribution in [0.1, 0.15) is 286 Å². The molecule has 0 aromatic carbocycles. The molecule has 0 fully saturated rings. The lowest BCUT2D eigenvalue weighted by Crippen LogP contribution is -2.27. The highest BCUT2D eigenvalue weighted by Crippen LogP contribution is 2.25. The minimum absolute atomic E-state index is 0.250. The second-order valence-corrected chi connectivity index (χ2v) is 18.7. The summed E-state index contributed by atoms with van der Waals surface area (Å²) >= 11 is 0. The summed E-state index contributed by atoms with van der Waals surface area (Å²) in [4.78, 5) is 20.9. The molecule has 1 atom stereocenters. The molecular weight excluding hydrogens is 743 g/mol. The average Bonchev–Trinajstić information content (AvgIpc) is 3.23. The van der Waals surface area contributed by atoms with Gasteiger partial charge in [0.1, 0.15) is 0 Å². The summed E-state index contributed by atoms with van der Waals surface area (Å²) in [5.74, 6) is 1.78. The maximum absolute atomic E-state index is 10.1. The van der Waals surface area contributed by atoms with E-state index in [0.29, 0.717) is 25.2 Å². The van der Waals surface area contributed by atoms with Crippen molar-refractivity contribution in [2.45, 2.75) is 298 Å². The van der Waals surface area contributed by atoms with Gasteiger partial charge in [-0.2, -0.15) is 0 Å². The highest BCUT2D eigenvalue weighted by atomic mass is 16.5. The van der Waals surface area contributed by atoms with Crippen LogP contribution in [0.15, 0.2) is 0 Å². The van der Waals surface area contributed by atoms with Crippen LogP contribution >= 0.6 is 0 Å². The smallest absolute Gasteiger partial charge is 0.293 e. The first-order valence-corrected chi connectivity index (χ1v) is 26.8. The first-order valence-electron chi connectivity index (χ1n) is 26.8. The minimum Gasteiger partial charge on any atom is -0.483 e. The van der Waals surface area contributed by atoms with E-state index in [2.05, 4.69) is 60.4 Å². The van der Waals surface area contributed by atoms with E-state index in [1.807, 2.05) is 0 Å². The van der Waals surface area contributed by atoms with E-state index in [9.17, 15) is 4.79 Å². The van der Waals surface area contributed by atoms with Crippen molar-refractivity contribution in [3.8, 4) is 0 Å². The molecule has 0 saturated heterocycles. The van der Waals surface area contributed by atoms with Crippen LogP contribution in [0.2, 0.25) is 0 Å². The lowest BCUT2D eigenvalue weighted by Gasteiger charge is -2.21. The molecule has 0 rings (SSSR count). The number of nitrogens with zero attached hydrogens (tertiary/aromatic N) is 1. The van der Waals surface area contributed by atoms with Gasteiger partial charge in [-0.15, -0.1) is 0 Å². The molecule has 0 aliphatic carbocycles. The van der Waals surface area contributed by atoms with Crippen LogP contribution in [0.5, 0.6) is 0 Å². The van der Waals surface area contributed by atoms with E-state index in [0.717, 1.165) is 24.9 Å². The van der Waals surface area contributed by atoms with Gasteiger partial charge in [0, 0.05) is 12.6 Å². The Morgan fingerprint density at radius 2 is 0.750 bits per heavy atom. The normalized spacial score (nSPS) is 11.8. The zero-order valence-electron chi connectivity index (χ0n) is 42.3. The van der Waals surface area contributed by atoms with Gasteiger partial charge in [0.25, 0.3) is 12.9 Å². The number of carboxylic acid groups (broad SMARTS) is 1. The second-order valence-electron chi connectivity index (χ2n) is 18.7. The summed E-state index contributed by atoms with van der Waals surface area (Å²) in [7, 11) is 2.25. The van der Waals surface area contributed by atoms with Crippen LogP contribution in [0, 0.1) is 11.8 Å². The Morgan fingerprint density at radius 3 is 1.12 bits per heavy atom. The molecule has 0 aliphatic heterocycles. The molecule has 362 valence electrons. The number of carbonyl (C=O) groups excluding carboxylic acids is 1. The fraction of sp³-hybridized carbons (Fsp3) is 0.963. The second kappa shape index (κ2) is 55.9. The van der Waals surface area contributed by atoms with Gasteiger partial charge in [-0.05, 0) is 71.4 Å². The Morgan fingerprint density at radius 1 is 0.433 bits per heavy atom. The molecule has 6 nitrogen and oxygen atoms in total.